The van der Waals surface area contributed by atoms with E-state index < -0.39 is 247 Å². The third-order valence-corrected chi connectivity index (χ3v) is 17.0. The van der Waals surface area contributed by atoms with Crippen LogP contribution in [0.2, 0.25) is 0 Å². The topological polar surface area (TPSA) is 542 Å². The van der Waals surface area contributed by atoms with Gasteiger partial charge in [0, 0.05) is 6.54 Å². The van der Waals surface area contributed by atoms with E-state index in [4.69, 9.17) is 26.4 Å². The van der Waals surface area contributed by atoms with Gasteiger partial charge in [0.25, 0.3) is 0 Å². The molecule has 0 bridgehead atoms. The fraction of sp³-hybridized carbons (Fsp3) is 0.697. The van der Waals surface area contributed by atoms with E-state index in [0.29, 0.717) is 0 Å². The second kappa shape index (κ2) is 39.1. The molecular weight excluding hydrogens is 1360 g/mol. The lowest BCUT2D eigenvalue weighted by Gasteiger charge is -2.42. The summed E-state index contributed by atoms with van der Waals surface area (Å²) in [7, 11) is 0. The fourth-order valence-electron chi connectivity index (χ4n) is 11.1. The van der Waals surface area contributed by atoms with Gasteiger partial charge in [-0.3, -0.25) is 58.1 Å². The van der Waals surface area contributed by atoms with Crippen LogP contribution in [0.1, 0.15) is 159 Å². The van der Waals surface area contributed by atoms with E-state index in [2.05, 4.69) is 53.2 Å². The molecule has 14 atom stereocenters. The van der Waals surface area contributed by atoms with Crippen LogP contribution in [-0.4, -0.2) is 213 Å². The lowest BCUT2D eigenvalue weighted by atomic mass is 9.75. The standard InChI is InChI=1S/C66H106F3N15O19/c1-14-33(6)42-55(95)81-43(34(7)86)54(94)74-29-41(87)79-45(48(89)50(70)90)57(97)77-40(30-85)59(99)102-49(35-19-16-15-17-20-35)46(83-60(100)65(24-22-36(23-25-65)66(67,68)69)84-53(93)39(28-63(8,9)10)78-62(101)103-64(11,12)13)58(98)82-44(47(88)32(4)5)56(96)76-38(27-31(2)3)52(92)75-37(51(91)80-42)21-18-26-73-61(71)72/h15-17,19-20,31-34,36-40,42-49,85-86,88-89H,14,18,21-30H2,1-13H3,(H2,70,90)(H,74,94)(H,75,92)(H,76,96)(H,77,97)(H,78,101)(H,79,87)(H,80,91)(H,81,95)(H,82,98)(H,83,100)(H,84,93)(H4,71,72,73)/t33-,34-,36?,37+,38-,39+,40-,42-,43-,44-,45-,46-,47+,48-,49+,65?/m0/s1. The highest BCUT2D eigenvalue weighted by atomic mass is 19.4. The molecule has 1 aromatic rings. The van der Waals surface area contributed by atoms with E-state index in [1.165, 1.54) is 71.9 Å². The number of hydrogen-bond donors (Lipinski definition) is 19. The highest BCUT2D eigenvalue weighted by Crippen LogP contribution is 2.42. The number of amides is 12. The Kier molecular flexibility index (Phi) is 33.5. The minimum absolute atomic E-state index is 0.00103. The van der Waals surface area contributed by atoms with Crippen LogP contribution in [0.3, 0.4) is 0 Å². The lowest BCUT2D eigenvalue weighted by Crippen LogP contribution is -2.67. The molecule has 37 heteroatoms. The van der Waals surface area contributed by atoms with E-state index in [-0.39, 0.29) is 44.2 Å². The smallest absolute Gasteiger partial charge is 0.408 e. The zero-order chi connectivity index (χ0) is 78.4. The largest absolute Gasteiger partial charge is 0.453 e. The number of hydrogen-bond acceptors (Lipinski definition) is 20. The molecule has 1 aliphatic carbocycles. The zero-order valence-corrected chi connectivity index (χ0v) is 60.4. The van der Waals surface area contributed by atoms with E-state index in [9.17, 15) is 81.5 Å². The van der Waals surface area contributed by atoms with Crippen LogP contribution in [-0.2, 0) is 67.0 Å². The highest BCUT2D eigenvalue weighted by molar-refractivity contribution is 6.01. The van der Waals surface area contributed by atoms with Crippen molar-refractivity contribution < 1.29 is 105 Å². The van der Waals surface area contributed by atoms with E-state index in [1.54, 1.807) is 41.5 Å². The number of alkyl carbamates (subject to hydrolysis) is 1. The molecule has 580 valence electrons. The minimum atomic E-state index is -4.84. The van der Waals surface area contributed by atoms with Crippen molar-refractivity contribution in [2.75, 3.05) is 19.7 Å². The number of nitrogens with one attached hydrogen (secondary N) is 13. The van der Waals surface area contributed by atoms with Gasteiger partial charge in [0.2, 0.25) is 65.0 Å². The first-order chi connectivity index (χ1) is 47.6. The molecule has 0 spiro atoms. The molecule has 34 nitrogen and oxygen atoms in total. The molecule has 1 saturated carbocycles. The first kappa shape index (κ1) is 88.2. The van der Waals surface area contributed by atoms with Crippen molar-refractivity contribution in [1.82, 2.24) is 63.8 Å². The van der Waals surface area contributed by atoms with Gasteiger partial charge in [-0.25, -0.2) is 9.59 Å². The molecule has 1 aromatic carbocycles. The van der Waals surface area contributed by atoms with Crippen molar-refractivity contribution >= 4 is 83.0 Å². The third kappa shape index (κ3) is 28.0. The Morgan fingerprint density at radius 1 is 0.718 bits per heavy atom. The average molecular weight is 1470 g/mol. The number of ether oxygens (including phenoxy) is 2. The van der Waals surface area contributed by atoms with Crippen molar-refractivity contribution in [3.63, 3.8) is 0 Å². The van der Waals surface area contributed by atoms with Crippen LogP contribution in [0.5, 0.6) is 0 Å². The maximum atomic E-state index is 15.7. The Morgan fingerprint density at radius 2 is 1.26 bits per heavy atom. The number of carbonyl (C=O) groups excluding carboxylic acids is 13. The highest BCUT2D eigenvalue weighted by Gasteiger charge is 2.53. The molecule has 1 aliphatic heterocycles. The molecule has 12 amide bonds. The van der Waals surface area contributed by atoms with Crippen molar-refractivity contribution in [3.05, 3.63) is 35.9 Å². The molecule has 0 unspecified atom stereocenters. The van der Waals surface area contributed by atoms with Crippen molar-refractivity contribution in [2.24, 2.45) is 40.6 Å². The Labute approximate surface area is 595 Å². The summed E-state index contributed by atoms with van der Waals surface area (Å²) in [5.74, 6) is -21.1. The predicted octanol–water partition coefficient (Wildman–Crippen LogP) is -2.19. The van der Waals surface area contributed by atoms with Gasteiger partial charge in [-0.05, 0) is 108 Å². The first-order valence-corrected chi connectivity index (χ1v) is 34.0. The van der Waals surface area contributed by atoms with E-state index in [1.807, 2.05) is 10.6 Å². The Balaban J connectivity index is 2.52. The van der Waals surface area contributed by atoms with Gasteiger partial charge >= 0.3 is 18.2 Å². The number of carbonyl (C=O) groups is 13. The molecule has 3 rings (SSSR count). The summed E-state index contributed by atoms with van der Waals surface area (Å²) in [6.45, 7) is 17.4. The number of benzene rings is 1. The molecule has 0 radical (unpaired) electrons. The normalized spacial score (nSPS) is 26.1. The Hall–Kier alpha value is -8.97. The summed E-state index contributed by atoms with van der Waals surface area (Å²) in [6, 6.07) is -11.3. The second-order valence-corrected chi connectivity index (χ2v) is 29.0. The monoisotopic (exact) mass is 1470 g/mol. The van der Waals surface area contributed by atoms with Crippen LogP contribution in [0.25, 0.3) is 0 Å². The molecule has 1 heterocycles. The van der Waals surface area contributed by atoms with Crippen LogP contribution in [0.4, 0.5) is 18.0 Å². The zero-order valence-electron chi connectivity index (χ0n) is 60.4. The third-order valence-electron chi connectivity index (χ3n) is 17.0. The number of nitrogens with two attached hydrogens (primary N) is 2. The quantitative estimate of drug-likeness (QED) is 0.0269. The van der Waals surface area contributed by atoms with Gasteiger partial charge in [-0.15, -0.1) is 0 Å². The summed E-state index contributed by atoms with van der Waals surface area (Å²) in [4.78, 5) is 187. The number of cyclic esters (lactones) is 1. The number of aliphatic hydroxyl groups excluding tert-OH is 4. The number of guanidine groups is 1. The maximum Gasteiger partial charge on any atom is 0.408 e. The van der Waals surface area contributed by atoms with Crippen LogP contribution >= 0.6 is 0 Å². The van der Waals surface area contributed by atoms with Gasteiger partial charge in [0.15, 0.2) is 24.2 Å². The van der Waals surface area contributed by atoms with Gasteiger partial charge in [-0.2, -0.15) is 13.2 Å². The number of esters is 1. The fourth-order valence-corrected chi connectivity index (χ4v) is 11.1. The van der Waals surface area contributed by atoms with Gasteiger partial charge < -0.3 is 105 Å². The Morgan fingerprint density at radius 3 is 1.78 bits per heavy atom. The van der Waals surface area contributed by atoms with Crippen molar-refractivity contribution in [1.29, 1.82) is 5.41 Å². The van der Waals surface area contributed by atoms with E-state index in [0.717, 1.165) is 6.92 Å². The van der Waals surface area contributed by atoms with Gasteiger partial charge in [-0.1, -0.05) is 99.1 Å². The molecule has 2 aliphatic rings. The molecule has 21 N–H and O–H groups in total. The van der Waals surface area contributed by atoms with Gasteiger partial charge in [0.05, 0.1) is 31.3 Å². The van der Waals surface area contributed by atoms with Crippen LogP contribution < -0.4 is 75.3 Å². The summed E-state index contributed by atoms with van der Waals surface area (Å²) < 4.78 is 55.2. The molecular formula is C66H106F3N15O19. The maximum absolute atomic E-state index is 15.7. The average Bonchev–Trinajstić information content (AvgIpc) is 0.799. The first-order valence-electron chi connectivity index (χ1n) is 34.0. The van der Waals surface area contributed by atoms with Crippen LogP contribution in [0.15, 0.2) is 30.3 Å². The molecule has 2 fully saturated rings. The number of aliphatic hydroxyl groups is 4. The van der Waals surface area contributed by atoms with Crippen molar-refractivity contribution in [2.45, 2.75) is 244 Å². The number of alkyl halides is 3. The van der Waals surface area contributed by atoms with Crippen molar-refractivity contribution in [3.8, 4) is 0 Å². The number of rotatable bonds is 21. The summed E-state index contributed by atoms with van der Waals surface area (Å²) in [5.41, 5.74) is 6.24. The minimum Gasteiger partial charge on any atom is -0.453 e. The van der Waals surface area contributed by atoms with Crippen LogP contribution in [0, 0.1) is 34.5 Å². The summed E-state index contributed by atoms with van der Waals surface area (Å²) in [5, 5.41) is 80.6. The second-order valence-electron chi connectivity index (χ2n) is 29.0. The number of halogens is 3. The van der Waals surface area contributed by atoms with Gasteiger partial charge in [0.1, 0.15) is 59.5 Å². The summed E-state index contributed by atoms with van der Waals surface area (Å²) in [6.07, 6.45) is -18.4. The predicted molar refractivity (Wildman–Crippen MR) is 363 cm³/mol. The lowest BCUT2D eigenvalue weighted by molar-refractivity contribution is -0.186. The summed E-state index contributed by atoms with van der Waals surface area (Å²) >= 11 is 0. The molecule has 0 aromatic heterocycles. The number of primary amides is 1. The van der Waals surface area contributed by atoms with E-state index >= 15 is 14.4 Å². The molecule has 103 heavy (non-hydrogen) atoms. The Bertz CT molecular complexity index is 3140. The molecule has 1 saturated heterocycles. The SMILES string of the molecule is CC[C@H](C)[C@@H]1NC(=O)[C@@H](CCCNC(=N)N)NC(=O)[C@H](CC(C)C)NC(=O)[C@H]([C@H](O)C(C)C)NC(=O)[C@@H](NC(=O)C2(NC(=O)[C@@H](CC(C)(C)C)NC(=O)OC(C)(C)C)CCC(C(F)(F)F)CC2)[C@@H](c2ccccc2)OC(=O)[C@H](CO)NC(=O)[C@H]([C@H](O)C(N)=O)NC(=O)CNC(=O)[C@H]([C@H](C)O)NC1=O.